The van der Waals surface area contributed by atoms with Crippen molar-refractivity contribution >= 4 is 10.8 Å². The van der Waals surface area contributed by atoms with Crippen molar-refractivity contribution in [3.05, 3.63) is 48.5 Å². The molecule has 0 aliphatic carbocycles. The molecule has 54 valence electrons. The standard InChI is InChI=1S/C10H7.Ir/c1-2-6-10-8-4-3-7-9(10)5-1;/h1-7H;/q-1;+3. The van der Waals surface area contributed by atoms with Gasteiger partial charge in [-0.25, -0.2) is 0 Å². The van der Waals surface area contributed by atoms with Crippen LogP contribution in [0, 0.1) is 6.07 Å². The summed E-state index contributed by atoms with van der Waals surface area (Å²) in [5.41, 5.74) is 0. The molecule has 0 aliphatic heterocycles. The summed E-state index contributed by atoms with van der Waals surface area (Å²) in [4.78, 5) is 0. The van der Waals surface area contributed by atoms with Gasteiger partial charge in [0.2, 0.25) is 0 Å². The number of hydrogen-bond donors (Lipinski definition) is 0. The molecule has 0 radical (unpaired) electrons. The predicted molar refractivity (Wildman–Crippen MR) is 42.8 cm³/mol. The van der Waals surface area contributed by atoms with Crippen LogP contribution in [0.25, 0.3) is 10.8 Å². The van der Waals surface area contributed by atoms with E-state index < -0.39 is 0 Å². The van der Waals surface area contributed by atoms with E-state index in [0.717, 1.165) is 0 Å². The molecule has 0 nitrogen and oxygen atoms in total. The predicted octanol–water partition coefficient (Wildman–Crippen LogP) is 2.64. The molecular formula is C10H7Ir+2. The van der Waals surface area contributed by atoms with Crippen molar-refractivity contribution in [1.82, 2.24) is 0 Å². The van der Waals surface area contributed by atoms with Gasteiger partial charge in [-0.15, -0.1) is 47.2 Å². The molecule has 0 atom stereocenters. The Balaban J connectivity index is 0.000000605. The maximum atomic E-state index is 3.15. The van der Waals surface area contributed by atoms with E-state index in [4.69, 9.17) is 0 Å². The van der Waals surface area contributed by atoms with E-state index in [1.54, 1.807) is 0 Å². The molecule has 0 saturated carbocycles. The molecule has 1 heteroatoms. The fourth-order valence-electron chi connectivity index (χ4n) is 1.06. The molecule has 0 fully saturated rings. The maximum absolute atomic E-state index is 3.15. The van der Waals surface area contributed by atoms with E-state index in [0.29, 0.717) is 0 Å². The average molecular weight is 319 g/mol. The van der Waals surface area contributed by atoms with Crippen molar-refractivity contribution in [2.75, 3.05) is 0 Å². The van der Waals surface area contributed by atoms with Gasteiger partial charge in [-0.3, -0.25) is 0 Å². The van der Waals surface area contributed by atoms with Gasteiger partial charge < -0.3 is 0 Å². The Morgan fingerprint density at radius 2 is 1.64 bits per heavy atom. The van der Waals surface area contributed by atoms with E-state index in [-0.39, 0.29) is 20.1 Å². The van der Waals surface area contributed by atoms with Gasteiger partial charge in [-0.05, 0) is 0 Å². The van der Waals surface area contributed by atoms with Crippen molar-refractivity contribution in [1.29, 1.82) is 0 Å². The molecule has 0 N–H and O–H groups in total. The van der Waals surface area contributed by atoms with E-state index >= 15 is 0 Å². The van der Waals surface area contributed by atoms with Gasteiger partial charge in [0.05, 0.1) is 0 Å². The zero-order valence-electron chi connectivity index (χ0n) is 5.87. The fourth-order valence-corrected chi connectivity index (χ4v) is 1.06. The molecule has 0 bridgehead atoms. The van der Waals surface area contributed by atoms with Gasteiger partial charge in [0.15, 0.2) is 0 Å². The largest absolute Gasteiger partial charge is 3.00 e. The van der Waals surface area contributed by atoms with Crippen molar-refractivity contribution in [3.8, 4) is 0 Å². The van der Waals surface area contributed by atoms with Gasteiger partial charge in [0.25, 0.3) is 0 Å². The molecule has 0 saturated heterocycles. The third-order valence-corrected chi connectivity index (χ3v) is 1.57. The first kappa shape index (κ1) is 8.45. The second-order valence-corrected chi connectivity index (χ2v) is 2.26. The average Bonchev–Trinajstić information content (AvgIpc) is 2.05. The van der Waals surface area contributed by atoms with E-state index in [2.05, 4.69) is 24.3 Å². The molecule has 0 unspecified atom stereocenters. The molecule has 0 spiro atoms. The Morgan fingerprint density at radius 1 is 0.909 bits per heavy atom. The van der Waals surface area contributed by atoms with Crippen LogP contribution in [0.2, 0.25) is 0 Å². The minimum Gasteiger partial charge on any atom is -0.147 e. The Labute approximate surface area is 79.6 Å². The molecule has 2 rings (SSSR count). The van der Waals surface area contributed by atoms with Gasteiger partial charge >= 0.3 is 20.1 Å². The number of hydrogen-bond acceptors (Lipinski definition) is 0. The topological polar surface area (TPSA) is 0 Å². The third kappa shape index (κ3) is 1.68. The number of fused-ring (bicyclic) bond motifs is 1. The number of rotatable bonds is 0. The Hall–Kier alpha value is -0.651. The molecule has 2 aromatic rings. The zero-order chi connectivity index (χ0) is 6.81. The summed E-state index contributed by atoms with van der Waals surface area (Å²) in [5.74, 6) is 0. The third-order valence-electron chi connectivity index (χ3n) is 1.57. The molecule has 0 amide bonds. The van der Waals surface area contributed by atoms with Crippen LogP contribution in [0.1, 0.15) is 0 Å². The summed E-state index contributed by atoms with van der Waals surface area (Å²) in [5, 5.41) is 2.44. The van der Waals surface area contributed by atoms with Crippen LogP contribution in [-0.4, -0.2) is 0 Å². The zero-order valence-corrected chi connectivity index (χ0v) is 8.27. The van der Waals surface area contributed by atoms with Crippen molar-refractivity contribution < 1.29 is 20.1 Å². The van der Waals surface area contributed by atoms with Crippen LogP contribution < -0.4 is 0 Å². The minimum absolute atomic E-state index is 0. The van der Waals surface area contributed by atoms with Crippen LogP contribution in [0.4, 0.5) is 0 Å². The second-order valence-electron chi connectivity index (χ2n) is 2.26. The second kappa shape index (κ2) is 3.66. The Kier molecular flexibility index (Phi) is 2.81. The molecular weight excluding hydrogens is 312 g/mol. The SMILES string of the molecule is [Ir+3].[c-]1cccc2ccccc12. The van der Waals surface area contributed by atoms with Crippen molar-refractivity contribution in [2.45, 2.75) is 0 Å². The normalized spacial score (nSPS) is 9.09. The smallest absolute Gasteiger partial charge is 0.147 e. The monoisotopic (exact) mass is 320 g/mol. The minimum atomic E-state index is 0. The van der Waals surface area contributed by atoms with E-state index in [9.17, 15) is 0 Å². The van der Waals surface area contributed by atoms with E-state index in [1.807, 2.05) is 24.3 Å². The van der Waals surface area contributed by atoms with Crippen LogP contribution >= 0.6 is 0 Å². The summed E-state index contributed by atoms with van der Waals surface area (Å²) in [7, 11) is 0. The molecule has 2 aromatic carbocycles. The first-order chi connectivity index (χ1) is 4.97. The molecule has 11 heavy (non-hydrogen) atoms. The molecule has 0 aliphatic rings. The fraction of sp³-hybridized carbons (Fsp3) is 0. The number of benzene rings is 2. The molecule has 0 aromatic heterocycles. The summed E-state index contributed by atoms with van der Waals surface area (Å²) in [6, 6.07) is 17.4. The van der Waals surface area contributed by atoms with Crippen LogP contribution in [0.5, 0.6) is 0 Å². The summed E-state index contributed by atoms with van der Waals surface area (Å²) < 4.78 is 0. The van der Waals surface area contributed by atoms with Crippen LogP contribution in [0.3, 0.4) is 0 Å². The quantitative estimate of drug-likeness (QED) is 0.655. The Morgan fingerprint density at radius 3 is 2.45 bits per heavy atom. The summed E-state index contributed by atoms with van der Waals surface area (Å²) in [6.45, 7) is 0. The van der Waals surface area contributed by atoms with Crippen LogP contribution in [0.15, 0.2) is 42.5 Å². The van der Waals surface area contributed by atoms with Crippen molar-refractivity contribution in [3.63, 3.8) is 0 Å². The van der Waals surface area contributed by atoms with E-state index in [1.165, 1.54) is 10.8 Å². The van der Waals surface area contributed by atoms with Gasteiger partial charge in [-0.2, -0.15) is 0 Å². The summed E-state index contributed by atoms with van der Waals surface area (Å²) >= 11 is 0. The van der Waals surface area contributed by atoms with Crippen LogP contribution in [-0.2, 0) is 20.1 Å². The molecule has 0 heterocycles. The first-order valence-electron chi connectivity index (χ1n) is 3.32. The summed E-state index contributed by atoms with van der Waals surface area (Å²) in [6.07, 6.45) is 0. The Bertz CT molecular complexity index is 276. The van der Waals surface area contributed by atoms with Gasteiger partial charge in [-0.1, -0.05) is 12.1 Å². The van der Waals surface area contributed by atoms with Gasteiger partial charge in [0, 0.05) is 0 Å². The van der Waals surface area contributed by atoms with Gasteiger partial charge in [0.1, 0.15) is 0 Å². The first-order valence-corrected chi connectivity index (χ1v) is 3.32. The van der Waals surface area contributed by atoms with Crippen molar-refractivity contribution in [2.24, 2.45) is 0 Å². The maximum Gasteiger partial charge on any atom is 3.00 e.